The van der Waals surface area contributed by atoms with E-state index in [0.29, 0.717) is 19.0 Å². The number of unbranched alkanes of at least 4 members (excludes halogenated alkanes) is 1. The number of hydrogen-bond donors (Lipinski definition) is 2. The molecule has 1 aromatic carbocycles. The van der Waals surface area contributed by atoms with Gasteiger partial charge < -0.3 is 15.8 Å². The van der Waals surface area contributed by atoms with Gasteiger partial charge in [0.2, 0.25) is 0 Å². The first-order valence-electron chi connectivity index (χ1n) is 6.25. The Kier molecular flexibility index (Phi) is 10.0. The third-order valence-corrected chi connectivity index (χ3v) is 2.36. The molecule has 3 N–H and O–H groups in total. The number of nitrogens with zero attached hydrogens (tertiary/aromatic N) is 1. The molecular weight excluding hydrogens is 379 g/mol. The van der Waals surface area contributed by atoms with E-state index in [4.69, 9.17) is 10.5 Å². The lowest BCUT2D eigenvalue weighted by molar-refractivity contribution is 0.319. The minimum atomic E-state index is -0.925. The van der Waals surface area contributed by atoms with E-state index in [2.05, 4.69) is 17.2 Å². The van der Waals surface area contributed by atoms with E-state index in [1.54, 1.807) is 0 Å². The second-order valence-corrected chi connectivity index (χ2v) is 3.97. The van der Waals surface area contributed by atoms with Crippen LogP contribution in [-0.4, -0.2) is 25.7 Å². The van der Waals surface area contributed by atoms with Crippen LogP contribution < -0.4 is 15.8 Å². The molecule has 0 amide bonds. The van der Waals surface area contributed by atoms with Gasteiger partial charge in [-0.05, 0) is 18.6 Å². The predicted octanol–water partition coefficient (Wildman–Crippen LogP) is 2.67. The molecule has 0 atom stereocenters. The summed E-state index contributed by atoms with van der Waals surface area (Å²) in [6.07, 6.45) is 2.06. The summed E-state index contributed by atoms with van der Waals surface area (Å²) in [6.45, 7) is 3.50. The average molecular weight is 399 g/mol. The number of rotatable bonds is 7. The van der Waals surface area contributed by atoms with Crippen molar-refractivity contribution in [3.63, 3.8) is 0 Å². The summed E-state index contributed by atoms with van der Waals surface area (Å²) in [5.74, 6) is -1.17. The molecule has 0 saturated carbocycles. The van der Waals surface area contributed by atoms with Crippen molar-refractivity contribution in [3.8, 4) is 5.75 Å². The lowest BCUT2D eigenvalue weighted by Gasteiger charge is -2.08. The van der Waals surface area contributed by atoms with E-state index in [1.165, 1.54) is 6.07 Å². The smallest absolute Gasteiger partial charge is 0.188 e. The van der Waals surface area contributed by atoms with Gasteiger partial charge in [-0.3, -0.25) is 4.99 Å². The van der Waals surface area contributed by atoms with Gasteiger partial charge in [-0.1, -0.05) is 13.3 Å². The zero-order valence-electron chi connectivity index (χ0n) is 11.4. The van der Waals surface area contributed by atoms with Gasteiger partial charge in [0.1, 0.15) is 12.4 Å². The first kappa shape index (κ1) is 18.9. The molecule has 0 saturated heterocycles. The molecule has 0 spiro atoms. The number of ether oxygens (including phenoxy) is 1. The summed E-state index contributed by atoms with van der Waals surface area (Å²) < 4.78 is 30.8. The van der Waals surface area contributed by atoms with Crippen molar-refractivity contribution in [1.82, 2.24) is 5.32 Å². The maximum Gasteiger partial charge on any atom is 0.188 e. The fourth-order valence-corrected chi connectivity index (χ4v) is 1.33. The van der Waals surface area contributed by atoms with E-state index in [1.807, 2.05) is 0 Å². The second-order valence-electron chi connectivity index (χ2n) is 3.97. The molecule has 0 bridgehead atoms. The van der Waals surface area contributed by atoms with E-state index in [9.17, 15) is 8.78 Å². The largest absolute Gasteiger partial charge is 0.492 e. The van der Waals surface area contributed by atoms with Crippen LogP contribution in [0.25, 0.3) is 0 Å². The van der Waals surface area contributed by atoms with Gasteiger partial charge in [-0.2, -0.15) is 0 Å². The number of guanidine groups is 1. The lowest BCUT2D eigenvalue weighted by Crippen LogP contribution is -2.34. The number of aliphatic imine (C=N–C) groups is 1. The highest BCUT2D eigenvalue weighted by atomic mass is 127. The molecule has 0 aliphatic heterocycles. The topological polar surface area (TPSA) is 59.6 Å². The van der Waals surface area contributed by atoms with Crippen molar-refractivity contribution in [2.24, 2.45) is 10.7 Å². The van der Waals surface area contributed by atoms with Crippen LogP contribution in [0.2, 0.25) is 0 Å². The minimum absolute atomic E-state index is 0. The van der Waals surface area contributed by atoms with Gasteiger partial charge in [-0.15, -0.1) is 24.0 Å². The molecule has 20 heavy (non-hydrogen) atoms. The molecule has 0 fully saturated rings. The first-order valence-corrected chi connectivity index (χ1v) is 6.25. The maximum absolute atomic E-state index is 12.9. The summed E-state index contributed by atoms with van der Waals surface area (Å²) in [5, 5.41) is 2.87. The van der Waals surface area contributed by atoms with Crippen molar-refractivity contribution in [2.45, 2.75) is 19.8 Å². The molecule has 0 radical (unpaired) electrons. The van der Waals surface area contributed by atoms with Crippen molar-refractivity contribution in [1.29, 1.82) is 0 Å². The Hall–Kier alpha value is -1.12. The molecule has 0 aliphatic carbocycles. The van der Waals surface area contributed by atoms with E-state index in [0.717, 1.165) is 25.0 Å². The number of halogens is 3. The molecular formula is C13H20F2IN3O. The molecule has 4 nitrogen and oxygen atoms in total. The quantitative estimate of drug-likeness (QED) is 0.321. The molecule has 7 heteroatoms. The SMILES string of the molecule is CCCCN=C(N)NCCOc1ccc(F)c(F)c1.I. The highest BCUT2D eigenvalue weighted by Crippen LogP contribution is 2.14. The first-order chi connectivity index (χ1) is 9.13. The maximum atomic E-state index is 12.9. The monoisotopic (exact) mass is 399 g/mol. The van der Waals surface area contributed by atoms with Gasteiger partial charge in [0.05, 0.1) is 6.54 Å². The lowest BCUT2D eigenvalue weighted by atomic mass is 10.3. The van der Waals surface area contributed by atoms with Crippen molar-refractivity contribution in [2.75, 3.05) is 19.7 Å². The van der Waals surface area contributed by atoms with Gasteiger partial charge >= 0.3 is 0 Å². The van der Waals surface area contributed by atoms with E-state index in [-0.39, 0.29) is 36.3 Å². The Labute approximate surface area is 134 Å². The number of hydrogen-bond acceptors (Lipinski definition) is 2. The summed E-state index contributed by atoms with van der Waals surface area (Å²) in [4.78, 5) is 4.10. The summed E-state index contributed by atoms with van der Waals surface area (Å²) >= 11 is 0. The average Bonchev–Trinajstić information content (AvgIpc) is 2.39. The Morgan fingerprint density at radius 2 is 2.10 bits per heavy atom. The Morgan fingerprint density at radius 1 is 1.35 bits per heavy atom. The molecule has 114 valence electrons. The highest BCUT2D eigenvalue weighted by Gasteiger charge is 2.02. The molecule has 1 rings (SSSR count). The fraction of sp³-hybridized carbons (Fsp3) is 0.462. The molecule has 0 heterocycles. The number of benzene rings is 1. The molecule has 0 unspecified atom stereocenters. The Morgan fingerprint density at radius 3 is 2.75 bits per heavy atom. The van der Waals surface area contributed by atoms with Gasteiger partial charge in [-0.25, -0.2) is 8.78 Å². The van der Waals surface area contributed by atoms with Gasteiger partial charge in [0, 0.05) is 12.6 Å². The van der Waals surface area contributed by atoms with Crippen LogP contribution in [0.3, 0.4) is 0 Å². The molecule has 0 aliphatic rings. The van der Waals surface area contributed by atoms with Crippen LogP contribution in [0.4, 0.5) is 8.78 Å². The zero-order valence-corrected chi connectivity index (χ0v) is 13.7. The van der Waals surface area contributed by atoms with Crippen molar-refractivity contribution in [3.05, 3.63) is 29.8 Å². The van der Waals surface area contributed by atoms with Crippen LogP contribution in [0.15, 0.2) is 23.2 Å². The second kappa shape index (κ2) is 10.6. The summed E-state index contributed by atoms with van der Waals surface area (Å²) in [7, 11) is 0. The third-order valence-electron chi connectivity index (χ3n) is 2.36. The predicted molar refractivity (Wildman–Crippen MR) is 86.7 cm³/mol. The fourth-order valence-electron chi connectivity index (χ4n) is 1.33. The van der Waals surface area contributed by atoms with Crippen molar-refractivity contribution >= 4 is 29.9 Å². The van der Waals surface area contributed by atoms with E-state index >= 15 is 0 Å². The zero-order chi connectivity index (χ0) is 14.1. The van der Waals surface area contributed by atoms with Crippen LogP contribution in [0.1, 0.15) is 19.8 Å². The van der Waals surface area contributed by atoms with E-state index < -0.39 is 11.6 Å². The molecule has 0 aromatic heterocycles. The number of nitrogens with two attached hydrogens (primary N) is 1. The van der Waals surface area contributed by atoms with Crippen LogP contribution in [-0.2, 0) is 0 Å². The Balaban J connectivity index is 0.00000361. The number of nitrogens with one attached hydrogen (secondary N) is 1. The van der Waals surface area contributed by atoms with Crippen LogP contribution in [0, 0.1) is 11.6 Å². The molecule has 1 aromatic rings. The van der Waals surface area contributed by atoms with Crippen molar-refractivity contribution < 1.29 is 13.5 Å². The highest BCUT2D eigenvalue weighted by molar-refractivity contribution is 14.0. The third kappa shape index (κ3) is 7.46. The van der Waals surface area contributed by atoms with Gasteiger partial charge in [0.15, 0.2) is 17.6 Å². The van der Waals surface area contributed by atoms with Crippen LogP contribution >= 0.6 is 24.0 Å². The standard InChI is InChI=1S/C13H19F2N3O.HI/c1-2-3-6-17-13(16)18-7-8-19-10-4-5-11(14)12(15)9-10;/h4-5,9H,2-3,6-8H2,1H3,(H3,16,17,18);1H. The van der Waals surface area contributed by atoms with Gasteiger partial charge in [0.25, 0.3) is 0 Å². The minimum Gasteiger partial charge on any atom is -0.492 e. The Bertz CT molecular complexity index is 430. The summed E-state index contributed by atoms with van der Waals surface area (Å²) in [5.41, 5.74) is 5.61. The summed E-state index contributed by atoms with van der Waals surface area (Å²) in [6, 6.07) is 3.41. The van der Waals surface area contributed by atoms with Crippen LogP contribution in [0.5, 0.6) is 5.75 Å². The normalized spacial score (nSPS) is 10.8.